The fourth-order valence-electron chi connectivity index (χ4n) is 3.56. The molecule has 1 fully saturated rings. The summed E-state index contributed by atoms with van der Waals surface area (Å²) in [7, 11) is 0. The number of nitrogens with zero attached hydrogens (tertiary/aromatic N) is 2. The van der Waals surface area contributed by atoms with Crippen LogP contribution in [-0.4, -0.2) is 35.3 Å². The number of aromatic nitrogens is 2. The van der Waals surface area contributed by atoms with E-state index in [-0.39, 0.29) is 11.8 Å². The lowest BCUT2D eigenvalue weighted by Crippen LogP contribution is -2.33. The van der Waals surface area contributed by atoms with Gasteiger partial charge < -0.3 is 10.6 Å². The van der Waals surface area contributed by atoms with E-state index in [0.717, 1.165) is 30.9 Å². The zero-order chi connectivity index (χ0) is 18.5. The molecule has 0 spiro atoms. The molecule has 26 heavy (non-hydrogen) atoms. The highest BCUT2D eigenvalue weighted by Crippen LogP contribution is 2.24. The van der Waals surface area contributed by atoms with Crippen molar-refractivity contribution in [3.8, 4) is 5.69 Å². The van der Waals surface area contributed by atoms with E-state index in [2.05, 4.69) is 29.6 Å². The summed E-state index contributed by atoms with van der Waals surface area (Å²) in [6.45, 7) is 7.01. The molecule has 140 valence electrons. The van der Waals surface area contributed by atoms with Gasteiger partial charge in [-0.05, 0) is 62.4 Å². The Morgan fingerprint density at radius 3 is 3.00 bits per heavy atom. The van der Waals surface area contributed by atoms with Crippen molar-refractivity contribution in [1.82, 2.24) is 20.4 Å². The van der Waals surface area contributed by atoms with Crippen molar-refractivity contribution >= 4 is 17.5 Å². The highest BCUT2D eigenvalue weighted by molar-refractivity contribution is 6.30. The van der Waals surface area contributed by atoms with Crippen LogP contribution in [0.2, 0.25) is 5.02 Å². The van der Waals surface area contributed by atoms with Crippen molar-refractivity contribution in [2.24, 2.45) is 5.92 Å². The van der Waals surface area contributed by atoms with E-state index in [9.17, 15) is 4.79 Å². The smallest absolute Gasteiger partial charge is 0.254 e. The maximum atomic E-state index is 12.7. The summed E-state index contributed by atoms with van der Waals surface area (Å²) in [6, 6.07) is 7.53. The molecule has 2 N–H and O–H groups in total. The van der Waals surface area contributed by atoms with Crippen molar-refractivity contribution in [3.63, 3.8) is 0 Å². The van der Waals surface area contributed by atoms with Crippen LogP contribution in [0.3, 0.4) is 0 Å². The molecular weight excluding hydrogens is 348 g/mol. The Kier molecular flexibility index (Phi) is 6.33. The van der Waals surface area contributed by atoms with Gasteiger partial charge in [-0.25, -0.2) is 4.68 Å². The average molecular weight is 375 g/mol. The lowest BCUT2D eigenvalue weighted by atomic mass is 9.96. The highest BCUT2D eigenvalue weighted by Gasteiger charge is 2.21. The van der Waals surface area contributed by atoms with E-state index in [1.54, 1.807) is 6.20 Å². The predicted molar refractivity (Wildman–Crippen MR) is 105 cm³/mol. The van der Waals surface area contributed by atoms with Crippen LogP contribution in [-0.2, 0) is 0 Å². The van der Waals surface area contributed by atoms with E-state index >= 15 is 0 Å². The summed E-state index contributed by atoms with van der Waals surface area (Å²) in [5.74, 6) is 0.772. The molecule has 2 aromatic rings. The lowest BCUT2D eigenvalue weighted by molar-refractivity contribution is 0.0949. The van der Waals surface area contributed by atoms with Crippen molar-refractivity contribution in [2.75, 3.05) is 19.6 Å². The van der Waals surface area contributed by atoms with Crippen molar-refractivity contribution in [1.29, 1.82) is 0 Å². The van der Waals surface area contributed by atoms with Gasteiger partial charge in [-0.1, -0.05) is 31.5 Å². The largest absolute Gasteiger partial charge is 0.352 e. The Hall–Kier alpha value is -1.85. The van der Waals surface area contributed by atoms with Crippen LogP contribution in [0.1, 0.15) is 55.1 Å². The zero-order valence-electron chi connectivity index (χ0n) is 15.5. The Balaban J connectivity index is 1.71. The number of amides is 1. The number of hydrogen-bond acceptors (Lipinski definition) is 3. The second kappa shape index (κ2) is 8.69. The lowest BCUT2D eigenvalue weighted by Gasteiger charge is -2.22. The molecule has 0 aliphatic carbocycles. The van der Waals surface area contributed by atoms with Gasteiger partial charge in [0.05, 0.1) is 23.1 Å². The molecule has 1 amide bonds. The van der Waals surface area contributed by atoms with Crippen LogP contribution in [0.25, 0.3) is 5.69 Å². The standard InChI is InChI=1S/C20H27ClN4O/c1-14(2)19-18(13-24-25(19)17-7-3-6-16(21)11-17)20(26)23-10-8-15-5-4-9-22-12-15/h3,6-7,11,13-15,22H,4-5,8-10,12H2,1-2H3,(H,23,26). The number of rotatable bonds is 6. The minimum atomic E-state index is -0.0502. The first-order chi connectivity index (χ1) is 12.6. The molecule has 1 aromatic heterocycles. The topological polar surface area (TPSA) is 59.0 Å². The average Bonchev–Trinajstić information content (AvgIpc) is 3.08. The molecule has 0 radical (unpaired) electrons. The van der Waals surface area contributed by atoms with E-state index in [1.165, 1.54) is 12.8 Å². The molecule has 1 aliphatic rings. The third-order valence-corrected chi connectivity index (χ3v) is 5.12. The van der Waals surface area contributed by atoms with Gasteiger partial charge in [-0.2, -0.15) is 5.10 Å². The molecular formula is C20H27ClN4O. The third-order valence-electron chi connectivity index (χ3n) is 4.89. The van der Waals surface area contributed by atoms with Crippen molar-refractivity contribution < 1.29 is 4.79 Å². The molecule has 3 rings (SSSR count). The van der Waals surface area contributed by atoms with E-state index in [0.29, 0.717) is 23.0 Å². The van der Waals surface area contributed by atoms with Gasteiger partial charge in [0.15, 0.2) is 0 Å². The molecule has 1 unspecified atom stereocenters. The summed E-state index contributed by atoms with van der Waals surface area (Å²) in [4.78, 5) is 12.7. The maximum Gasteiger partial charge on any atom is 0.254 e. The number of hydrogen-bond donors (Lipinski definition) is 2. The highest BCUT2D eigenvalue weighted by atomic mass is 35.5. The van der Waals surface area contributed by atoms with E-state index in [4.69, 9.17) is 11.6 Å². The van der Waals surface area contributed by atoms with Gasteiger partial charge in [0, 0.05) is 11.6 Å². The number of piperidine rings is 1. The molecule has 0 bridgehead atoms. The Morgan fingerprint density at radius 2 is 2.31 bits per heavy atom. The van der Waals surface area contributed by atoms with Gasteiger partial charge in [0.1, 0.15) is 0 Å². The zero-order valence-corrected chi connectivity index (χ0v) is 16.2. The molecule has 1 saturated heterocycles. The predicted octanol–water partition coefficient (Wildman–Crippen LogP) is 3.77. The fraction of sp³-hybridized carbons (Fsp3) is 0.500. The second-order valence-corrected chi connectivity index (χ2v) is 7.68. The minimum Gasteiger partial charge on any atom is -0.352 e. The Labute approximate surface area is 160 Å². The van der Waals surface area contributed by atoms with Crippen LogP contribution >= 0.6 is 11.6 Å². The SMILES string of the molecule is CC(C)c1c(C(=O)NCCC2CCCNC2)cnn1-c1cccc(Cl)c1. The molecule has 1 aliphatic heterocycles. The van der Waals surface area contributed by atoms with E-state index in [1.807, 2.05) is 28.9 Å². The quantitative estimate of drug-likeness (QED) is 0.809. The number of halogens is 1. The summed E-state index contributed by atoms with van der Waals surface area (Å²) in [5, 5.41) is 11.6. The van der Waals surface area contributed by atoms with Gasteiger partial charge in [-0.15, -0.1) is 0 Å². The van der Waals surface area contributed by atoms with Crippen LogP contribution in [0.5, 0.6) is 0 Å². The molecule has 6 heteroatoms. The van der Waals surface area contributed by atoms with Crippen LogP contribution in [0.4, 0.5) is 0 Å². The van der Waals surface area contributed by atoms with Crippen LogP contribution < -0.4 is 10.6 Å². The fourth-order valence-corrected chi connectivity index (χ4v) is 3.74. The first-order valence-corrected chi connectivity index (χ1v) is 9.77. The summed E-state index contributed by atoms with van der Waals surface area (Å²) in [6.07, 6.45) is 5.14. The molecule has 1 atom stereocenters. The van der Waals surface area contributed by atoms with Crippen LogP contribution in [0, 0.1) is 5.92 Å². The minimum absolute atomic E-state index is 0.0502. The first kappa shape index (κ1) is 18.9. The monoisotopic (exact) mass is 374 g/mol. The normalized spacial score (nSPS) is 17.5. The summed E-state index contributed by atoms with van der Waals surface area (Å²) >= 11 is 6.11. The van der Waals surface area contributed by atoms with Crippen LogP contribution in [0.15, 0.2) is 30.5 Å². The Morgan fingerprint density at radius 1 is 1.46 bits per heavy atom. The van der Waals surface area contributed by atoms with E-state index < -0.39 is 0 Å². The van der Waals surface area contributed by atoms with Gasteiger partial charge >= 0.3 is 0 Å². The molecule has 2 heterocycles. The Bertz CT molecular complexity index is 750. The third kappa shape index (κ3) is 4.46. The van der Waals surface area contributed by atoms with Gasteiger partial charge in [0.25, 0.3) is 5.91 Å². The van der Waals surface area contributed by atoms with Gasteiger partial charge in [0.2, 0.25) is 0 Å². The maximum absolute atomic E-state index is 12.7. The second-order valence-electron chi connectivity index (χ2n) is 7.25. The number of carbonyl (C=O) groups is 1. The summed E-state index contributed by atoms with van der Waals surface area (Å²) in [5.41, 5.74) is 2.42. The first-order valence-electron chi connectivity index (χ1n) is 9.39. The molecule has 5 nitrogen and oxygen atoms in total. The number of benzene rings is 1. The van der Waals surface area contributed by atoms with Gasteiger partial charge in [-0.3, -0.25) is 4.79 Å². The number of nitrogens with one attached hydrogen (secondary N) is 2. The van der Waals surface area contributed by atoms with Crippen molar-refractivity contribution in [2.45, 2.75) is 39.0 Å². The summed E-state index contributed by atoms with van der Waals surface area (Å²) < 4.78 is 1.82. The molecule has 1 aromatic carbocycles. The van der Waals surface area contributed by atoms with Crippen molar-refractivity contribution in [3.05, 3.63) is 46.7 Å². The molecule has 0 saturated carbocycles. The number of carbonyl (C=O) groups excluding carboxylic acids is 1.